The Morgan fingerprint density at radius 2 is 2.19 bits per heavy atom. The maximum atomic E-state index is 6.22. The van der Waals surface area contributed by atoms with Crippen molar-refractivity contribution in [3.05, 3.63) is 10.4 Å². The molecule has 0 saturated carbocycles. The third-order valence-electron chi connectivity index (χ3n) is 3.67. The third kappa shape index (κ3) is 3.03. The first-order chi connectivity index (χ1) is 10.2. The Bertz CT molecular complexity index is 641. The lowest BCUT2D eigenvalue weighted by molar-refractivity contribution is 0.0254. The van der Waals surface area contributed by atoms with Gasteiger partial charge in [-0.3, -0.25) is 0 Å². The molecule has 0 radical (unpaired) electrons. The minimum absolute atomic E-state index is 0.314. The standard InChI is InChI=1S/C15H21N3OS2/c1-3-5-9-7-10-11(8-19-9)21-14-12(10)13(16)17-15(18-14)20-6-4-2/h9H,3-8H2,1-2H3,(H2,16,17,18). The Balaban J connectivity index is 1.97. The number of hydrogen-bond acceptors (Lipinski definition) is 6. The monoisotopic (exact) mass is 323 g/mol. The molecule has 1 aliphatic rings. The minimum atomic E-state index is 0.314. The fourth-order valence-corrected chi connectivity index (χ4v) is 4.58. The Kier molecular flexibility index (Phi) is 4.66. The summed E-state index contributed by atoms with van der Waals surface area (Å²) in [5, 5.41) is 1.87. The zero-order valence-electron chi connectivity index (χ0n) is 12.5. The third-order valence-corrected chi connectivity index (χ3v) is 5.82. The number of aromatic nitrogens is 2. The predicted octanol–water partition coefficient (Wildman–Crippen LogP) is 4.02. The van der Waals surface area contributed by atoms with Gasteiger partial charge in [0.1, 0.15) is 10.6 Å². The second kappa shape index (κ2) is 6.50. The molecular weight excluding hydrogens is 302 g/mol. The fraction of sp³-hybridized carbons (Fsp3) is 0.600. The van der Waals surface area contributed by atoms with E-state index in [0.717, 1.165) is 46.8 Å². The first-order valence-electron chi connectivity index (χ1n) is 7.55. The van der Waals surface area contributed by atoms with Crippen LogP contribution in [0, 0.1) is 0 Å². The number of nitrogens with two attached hydrogens (primary N) is 1. The molecule has 1 unspecified atom stereocenters. The van der Waals surface area contributed by atoms with Crippen LogP contribution in [0.2, 0.25) is 0 Å². The van der Waals surface area contributed by atoms with Crippen LogP contribution >= 0.6 is 23.1 Å². The molecule has 0 spiro atoms. The van der Waals surface area contributed by atoms with Crippen LogP contribution in [0.15, 0.2) is 5.16 Å². The fourth-order valence-electron chi connectivity index (χ4n) is 2.69. The molecule has 0 bridgehead atoms. The van der Waals surface area contributed by atoms with Crippen LogP contribution in [-0.2, 0) is 17.8 Å². The average molecular weight is 323 g/mol. The normalized spacial score (nSPS) is 18.1. The zero-order valence-corrected chi connectivity index (χ0v) is 14.1. The number of fused-ring (bicyclic) bond motifs is 3. The van der Waals surface area contributed by atoms with Crippen molar-refractivity contribution in [1.29, 1.82) is 0 Å². The summed E-state index contributed by atoms with van der Waals surface area (Å²) in [5.41, 5.74) is 7.54. The predicted molar refractivity (Wildman–Crippen MR) is 90.0 cm³/mol. The van der Waals surface area contributed by atoms with Crippen molar-refractivity contribution < 1.29 is 4.74 Å². The second-order valence-corrected chi connectivity index (χ2v) is 7.50. The number of ether oxygens (including phenoxy) is 1. The van der Waals surface area contributed by atoms with Gasteiger partial charge in [0, 0.05) is 17.1 Å². The molecule has 4 nitrogen and oxygen atoms in total. The van der Waals surface area contributed by atoms with E-state index in [1.165, 1.54) is 10.4 Å². The molecule has 0 saturated heterocycles. The molecular formula is C15H21N3OS2. The number of thiophene rings is 1. The highest BCUT2D eigenvalue weighted by atomic mass is 32.2. The molecule has 2 aromatic rings. The highest BCUT2D eigenvalue weighted by Crippen LogP contribution is 2.38. The first-order valence-corrected chi connectivity index (χ1v) is 9.35. The summed E-state index contributed by atoms with van der Waals surface area (Å²) in [4.78, 5) is 11.5. The van der Waals surface area contributed by atoms with Crippen LogP contribution in [0.4, 0.5) is 5.82 Å². The van der Waals surface area contributed by atoms with Crippen molar-refractivity contribution in [2.45, 2.75) is 57.4 Å². The number of thioether (sulfide) groups is 1. The van der Waals surface area contributed by atoms with Gasteiger partial charge >= 0.3 is 0 Å². The number of hydrogen-bond donors (Lipinski definition) is 1. The molecule has 2 aromatic heterocycles. The van der Waals surface area contributed by atoms with E-state index in [1.54, 1.807) is 23.1 Å². The highest BCUT2D eigenvalue weighted by molar-refractivity contribution is 7.99. The maximum Gasteiger partial charge on any atom is 0.190 e. The summed E-state index contributed by atoms with van der Waals surface area (Å²) in [5.74, 6) is 1.66. The molecule has 1 atom stereocenters. The number of anilines is 1. The van der Waals surface area contributed by atoms with Crippen molar-refractivity contribution >= 4 is 39.1 Å². The molecule has 0 fully saturated rings. The summed E-state index contributed by atoms with van der Waals surface area (Å²) in [6.07, 6.45) is 4.61. The lowest BCUT2D eigenvalue weighted by atomic mass is 10.0. The van der Waals surface area contributed by atoms with E-state index in [1.807, 2.05) is 0 Å². The SMILES string of the molecule is CCCSc1nc(N)c2c3c(sc2n1)COC(CCC)C3. The van der Waals surface area contributed by atoms with Gasteiger partial charge in [-0.05, 0) is 18.4 Å². The molecule has 6 heteroatoms. The van der Waals surface area contributed by atoms with Crippen LogP contribution < -0.4 is 5.73 Å². The highest BCUT2D eigenvalue weighted by Gasteiger charge is 2.25. The molecule has 1 aliphatic heterocycles. The van der Waals surface area contributed by atoms with Crippen molar-refractivity contribution in [2.75, 3.05) is 11.5 Å². The van der Waals surface area contributed by atoms with Crippen LogP contribution in [0.3, 0.4) is 0 Å². The van der Waals surface area contributed by atoms with Crippen LogP contribution in [-0.4, -0.2) is 21.8 Å². The number of nitrogen functional groups attached to an aromatic ring is 1. The number of nitrogens with zero attached hydrogens (tertiary/aromatic N) is 2. The summed E-state index contributed by atoms with van der Waals surface area (Å²) in [6.45, 7) is 5.04. The molecule has 21 heavy (non-hydrogen) atoms. The van der Waals surface area contributed by atoms with Gasteiger partial charge in [0.05, 0.1) is 18.1 Å². The van der Waals surface area contributed by atoms with E-state index >= 15 is 0 Å². The van der Waals surface area contributed by atoms with E-state index in [4.69, 9.17) is 10.5 Å². The molecule has 3 rings (SSSR count). The number of rotatable bonds is 5. The first kappa shape index (κ1) is 15.1. The van der Waals surface area contributed by atoms with Gasteiger partial charge < -0.3 is 10.5 Å². The molecule has 3 heterocycles. The van der Waals surface area contributed by atoms with Gasteiger partial charge in [0.25, 0.3) is 0 Å². The van der Waals surface area contributed by atoms with Gasteiger partial charge in [0.2, 0.25) is 0 Å². The lowest BCUT2D eigenvalue weighted by Crippen LogP contribution is -2.21. The Morgan fingerprint density at radius 1 is 1.33 bits per heavy atom. The van der Waals surface area contributed by atoms with Gasteiger partial charge in [-0.2, -0.15) is 0 Å². The smallest absolute Gasteiger partial charge is 0.190 e. The minimum Gasteiger partial charge on any atom is -0.383 e. The Labute approximate surface area is 133 Å². The van der Waals surface area contributed by atoms with Gasteiger partial charge in [0.15, 0.2) is 5.16 Å². The average Bonchev–Trinajstić information content (AvgIpc) is 2.83. The Hall–Kier alpha value is -0.850. The lowest BCUT2D eigenvalue weighted by Gasteiger charge is -2.22. The topological polar surface area (TPSA) is 61.0 Å². The maximum absolute atomic E-state index is 6.22. The van der Waals surface area contributed by atoms with Crippen molar-refractivity contribution in [3.8, 4) is 0 Å². The summed E-state index contributed by atoms with van der Waals surface area (Å²) < 4.78 is 5.93. The molecule has 114 valence electrons. The van der Waals surface area contributed by atoms with E-state index < -0.39 is 0 Å². The molecule has 0 amide bonds. The van der Waals surface area contributed by atoms with Crippen molar-refractivity contribution in [1.82, 2.24) is 9.97 Å². The van der Waals surface area contributed by atoms with Gasteiger partial charge in [-0.1, -0.05) is 32.0 Å². The Morgan fingerprint density at radius 3 is 2.95 bits per heavy atom. The van der Waals surface area contributed by atoms with E-state index in [0.29, 0.717) is 18.5 Å². The molecule has 2 N–H and O–H groups in total. The van der Waals surface area contributed by atoms with E-state index in [-0.39, 0.29) is 0 Å². The largest absolute Gasteiger partial charge is 0.383 e. The summed E-state index contributed by atoms with van der Waals surface area (Å²) >= 11 is 3.39. The van der Waals surface area contributed by atoms with Gasteiger partial charge in [-0.15, -0.1) is 11.3 Å². The quantitative estimate of drug-likeness (QED) is 0.665. The van der Waals surface area contributed by atoms with E-state index in [2.05, 4.69) is 23.8 Å². The van der Waals surface area contributed by atoms with Crippen molar-refractivity contribution in [3.63, 3.8) is 0 Å². The molecule has 0 aromatic carbocycles. The van der Waals surface area contributed by atoms with Crippen LogP contribution in [0.5, 0.6) is 0 Å². The van der Waals surface area contributed by atoms with Crippen LogP contribution in [0.25, 0.3) is 10.2 Å². The summed E-state index contributed by atoms with van der Waals surface area (Å²) in [6, 6.07) is 0. The zero-order chi connectivity index (χ0) is 14.8. The van der Waals surface area contributed by atoms with E-state index in [9.17, 15) is 0 Å². The van der Waals surface area contributed by atoms with Crippen molar-refractivity contribution in [2.24, 2.45) is 0 Å². The second-order valence-electron chi connectivity index (χ2n) is 5.35. The van der Waals surface area contributed by atoms with Crippen LogP contribution in [0.1, 0.15) is 43.6 Å². The van der Waals surface area contributed by atoms with Gasteiger partial charge in [-0.25, -0.2) is 9.97 Å². The summed E-state index contributed by atoms with van der Waals surface area (Å²) in [7, 11) is 0. The molecule has 0 aliphatic carbocycles.